The standard InChI is InChI=1S/H4N6S.H3P/c1-2-5(1)7-6-3-4-6;/h1-4H;1H3. The van der Waals surface area contributed by atoms with E-state index in [0.29, 0.717) is 0 Å². The minimum atomic E-state index is 0. The lowest BCUT2D eigenvalue weighted by Crippen LogP contribution is -1.75. The van der Waals surface area contributed by atoms with E-state index in [1.165, 1.54) is 12.1 Å². The maximum absolute atomic E-state index is 2.73. The minimum Gasteiger partial charge on any atom is -0.197 e. The molecule has 0 bridgehead atoms. The summed E-state index contributed by atoms with van der Waals surface area (Å²) in [6.45, 7) is 0. The van der Waals surface area contributed by atoms with E-state index >= 15 is 0 Å². The molecule has 8 heteroatoms. The highest BCUT2D eigenvalue weighted by Gasteiger charge is 1.98. The molecule has 4 N–H and O–H groups in total. The van der Waals surface area contributed by atoms with Gasteiger partial charge in [0.05, 0.1) is 0 Å². The second-order valence-corrected chi connectivity index (χ2v) is 2.01. The van der Waals surface area contributed by atoms with Gasteiger partial charge in [-0.2, -0.15) is 30.8 Å². The third kappa shape index (κ3) is 1.28. The summed E-state index contributed by atoms with van der Waals surface area (Å²) in [6, 6.07) is 0. The second-order valence-electron chi connectivity index (χ2n) is 1.12. The van der Waals surface area contributed by atoms with Gasteiger partial charge in [-0.1, -0.05) is 0 Å². The van der Waals surface area contributed by atoms with Crippen LogP contribution in [0.15, 0.2) is 0 Å². The number of hydrogen-bond acceptors (Lipinski definition) is 1. The summed E-state index contributed by atoms with van der Waals surface area (Å²) in [6.07, 6.45) is 0. The van der Waals surface area contributed by atoms with Gasteiger partial charge in [-0.15, -0.1) is 8.40 Å². The Morgan fingerprint density at radius 2 is 1.25 bits per heavy atom. The van der Waals surface area contributed by atoms with Gasteiger partial charge in [0.2, 0.25) is 0 Å². The average Bonchev–Trinajstić information content (AvgIpc) is 2.33. The molecule has 48 valence electrons. The molecule has 8 heavy (non-hydrogen) atoms. The molecular formula is H7N6PS. The molecular weight excluding hydrogens is 147 g/mol. The predicted octanol–water partition coefficient (Wildman–Crippen LogP) is -0.380. The number of rotatable bonds is 2. The fourth-order valence-corrected chi connectivity index (χ4v) is 0.612. The van der Waals surface area contributed by atoms with Crippen molar-refractivity contribution in [3.05, 3.63) is 0 Å². The zero-order valence-electron chi connectivity index (χ0n) is 4.01. The number of nitrogens with one attached hydrogen (secondary N) is 4. The van der Waals surface area contributed by atoms with Crippen LogP contribution in [0.4, 0.5) is 0 Å². The fraction of sp³-hybridized carbons (Fsp3) is 0. The molecule has 2 heterocycles. The van der Waals surface area contributed by atoms with Gasteiger partial charge in [-0.3, -0.25) is 0 Å². The van der Waals surface area contributed by atoms with E-state index < -0.39 is 0 Å². The number of hydrogen-bond donors (Lipinski definition) is 4. The Hall–Kier alpha value is -0.420. The summed E-state index contributed by atoms with van der Waals surface area (Å²) in [4.78, 5) is 0. The highest BCUT2D eigenvalue weighted by atomic mass is 32.2. The second kappa shape index (κ2) is 1.83. The van der Waals surface area contributed by atoms with E-state index in [0.717, 1.165) is 0 Å². The van der Waals surface area contributed by atoms with Crippen molar-refractivity contribution in [2.24, 2.45) is 0 Å². The lowest BCUT2D eigenvalue weighted by Gasteiger charge is -1.74. The first-order chi connectivity index (χ1) is 3.45. The lowest BCUT2D eigenvalue weighted by atomic mass is 13.1. The van der Waals surface area contributed by atoms with E-state index in [9.17, 15) is 0 Å². The summed E-state index contributed by atoms with van der Waals surface area (Å²) in [5.74, 6) is 0. The highest BCUT2D eigenvalue weighted by molar-refractivity contribution is 7.96. The van der Waals surface area contributed by atoms with Gasteiger partial charge >= 0.3 is 0 Å². The monoisotopic (exact) mass is 154 g/mol. The summed E-state index contributed by atoms with van der Waals surface area (Å²) in [5, 5.41) is 10.9. The van der Waals surface area contributed by atoms with Crippen LogP contribution < -0.4 is 0 Å². The Bertz CT molecular complexity index is 159. The summed E-state index contributed by atoms with van der Waals surface area (Å²) >= 11 is 1.45. The third-order valence-electron chi connectivity index (χ3n) is 0.569. The van der Waals surface area contributed by atoms with E-state index in [2.05, 4.69) is 20.9 Å². The minimum absolute atomic E-state index is 0. The Labute approximate surface area is 52.1 Å². The summed E-state index contributed by atoms with van der Waals surface area (Å²) in [7, 11) is 0. The molecule has 2 rings (SSSR count). The first kappa shape index (κ1) is 5.71. The number of aromatic nitrogens is 6. The Morgan fingerprint density at radius 1 is 0.875 bits per heavy atom. The molecule has 0 aliphatic rings. The van der Waals surface area contributed by atoms with Gasteiger partial charge in [-0.05, 0) is 0 Å². The van der Waals surface area contributed by atoms with Crippen LogP contribution in [-0.4, -0.2) is 29.3 Å². The molecule has 0 spiro atoms. The molecule has 1 atom stereocenters. The molecule has 0 radical (unpaired) electrons. The van der Waals surface area contributed by atoms with Gasteiger partial charge in [0.25, 0.3) is 0 Å². The van der Waals surface area contributed by atoms with Crippen molar-refractivity contribution in [2.45, 2.75) is 0 Å². The largest absolute Gasteiger partial charge is 0.197 e. The van der Waals surface area contributed by atoms with Gasteiger partial charge in [0, 0.05) is 0 Å². The molecule has 0 saturated heterocycles. The van der Waals surface area contributed by atoms with Crippen LogP contribution in [0.25, 0.3) is 0 Å². The first-order valence-corrected chi connectivity index (χ1v) is 2.49. The van der Waals surface area contributed by atoms with Crippen molar-refractivity contribution in [1.29, 1.82) is 0 Å². The predicted molar refractivity (Wildman–Crippen MR) is 35.8 cm³/mol. The van der Waals surface area contributed by atoms with Gasteiger partial charge in [0.15, 0.2) is 12.1 Å². The van der Waals surface area contributed by atoms with Crippen LogP contribution in [0, 0.1) is 0 Å². The van der Waals surface area contributed by atoms with Gasteiger partial charge < -0.3 is 0 Å². The third-order valence-corrected chi connectivity index (χ3v) is 1.26. The zero-order chi connectivity index (χ0) is 4.69. The van der Waals surface area contributed by atoms with E-state index in [-0.39, 0.29) is 9.90 Å². The van der Waals surface area contributed by atoms with Crippen molar-refractivity contribution in [3.8, 4) is 0 Å². The van der Waals surface area contributed by atoms with Crippen LogP contribution in [0.1, 0.15) is 0 Å². The molecule has 0 saturated carbocycles. The fourth-order valence-electron chi connectivity index (χ4n) is 0.204. The van der Waals surface area contributed by atoms with Crippen LogP contribution in [0.2, 0.25) is 0 Å². The van der Waals surface area contributed by atoms with Gasteiger partial charge in [0.1, 0.15) is 0 Å². The quantitative estimate of drug-likeness (QED) is 0.437. The lowest BCUT2D eigenvalue weighted by molar-refractivity contribution is 1.17. The Balaban J connectivity index is 0.000000320. The molecule has 0 fully saturated rings. The number of aromatic amines is 4. The molecule has 0 aliphatic carbocycles. The highest BCUT2D eigenvalue weighted by Crippen LogP contribution is 2.02. The maximum atomic E-state index is 2.73. The molecule has 0 aromatic carbocycles. The van der Waals surface area contributed by atoms with Crippen molar-refractivity contribution in [3.63, 3.8) is 0 Å². The van der Waals surface area contributed by atoms with Crippen LogP contribution >= 0.6 is 22.0 Å². The summed E-state index contributed by atoms with van der Waals surface area (Å²) < 4.78 is 3.46. The molecule has 2 aromatic rings. The van der Waals surface area contributed by atoms with Crippen LogP contribution in [0.3, 0.4) is 0 Å². The van der Waals surface area contributed by atoms with Gasteiger partial charge in [-0.25, -0.2) is 0 Å². The molecule has 0 aliphatic heterocycles. The van der Waals surface area contributed by atoms with Crippen molar-refractivity contribution >= 4 is 22.0 Å². The molecule has 2 aromatic heterocycles. The van der Waals surface area contributed by atoms with Crippen LogP contribution in [0.5, 0.6) is 0 Å². The van der Waals surface area contributed by atoms with Crippen molar-refractivity contribution in [1.82, 2.24) is 29.3 Å². The van der Waals surface area contributed by atoms with Crippen molar-refractivity contribution in [2.75, 3.05) is 0 Å². The van der Waals surface area contributed by atoms with Crippen LogP contribution in [-0.2, 0) is 0 Å². The van der Waals surface area contributed by atoms with E-state index in [4.69, 9.17) is 0 Å². The average molecular weight is 154 g/mol. The normalized spacial score (nSPS) is 10.0. The van der Waals surface area contributed by atoms with E-state index in [1.54, 1.807) is 8.40 Å². The first-order valence-electron chi connectivity index (χ1n) is 1.76. The smallest absolute Gasteiger partial charge is 0.156 e. The number of nitrogens with zero attached hydrogens (tertiary/aromatic N) is 2. The Kier molecular flexibility index (Phi) is 1.31. The molecule has 1 unspecified atom stereocenters. The summed E-state index contributed by atoms with van der Waals surface area (Å²) in [5.41, 5.74) is 0. The maximum Gasteiger partial charge on any atom is 0.156 e. The molecule has 6 nitrogen and oxygen atoms in total. The zero-order valence-corrected chi connectivity index (χ0v) is 6.24. The number of H-pyrrole nitrogens is 4. The molecule has 0 amide bonds. The van der Waals surface area contributed by atoms with E-state index in [1.807, 2.05) is 0 Å². The SMILES string of the molecule is P.[nH]1[nH]n1Sn1[nH][nH]1. The Morgan fingerprint density at radius 3 is 1.50 bits per heavy atom. The topological polar surface area (TPSA) is 73.0 Å². The van der Waals surface area contributed by atoms with Crippen molar-refractivity contribution < 1.29 is 0 Å².